The van der Waals surface area contributed by atoms with Crippen molar-refractivity contribution >= 4 is 63.7 Å². The molecule has 0 amide bonds. The zero-order valence-corrected chi connectivity index (χ0v) is 24.8. The smallest absolute Gasteiger partial charge is 0.0569 e. The number of fused-ring (bicyclic) bond motifs is 6. The Morgan fingerprint density at radius 1 is 0.457 bits per heavy atom. The van der Waals surface area contributed by atoms with E-state index in [9.17, 15) is 10.2 Å². The van der Waals surface area contributed by atoms with Crippen LogP contribution in [-0.2, 0) is 10.8 Å². The third-order valence-corrected chi connectivity index (χ3v) is 9.69. The standard InChI is InChI=1S/C29H20Br4O2/c30-16-1-5-20-21-6-2-17(31)10-25(21)28(14-34,24(20)9-16)13-29(15-35)26-11-18(32)3-7-22(26)23-8-4-19(33)12-27(23)29/h1-12,34-35H,13-15H2. The second-order valence-electron chi connectivity index (χ2n) is 9.42. The van der Waals surface area contributed by atoms with Crippen molar-refractivity contribution < 1.29 is 10.2 Å². The molecule has 4 aromatic carbocycles. The maximum Gasteiger partial charge on any atom is 0.0569 e. The van der Waals surface area contributed by atoms with Gasteiger partial charge in [0.05, 0.1) is 13.2 Å². The molecule has 0 atom stereocenters. The van der Waals surface area contributed by atoms with E-state index in [2.05, 4.69) is 112 Å². The van der Waals surface area contributed by atoms with Gasteiger partial charge in [-0.2, -0.15) is 0 Å². The Morgan fingerprint density at radius 3 is 0.943 bits per heavy atom. The maximum absolute atomic E-state index is 11.2. The molecule has 176 valence electrons. The number of rotatable bonds is 4. The molecule has 2 aliphatic carbocycles. The van der Waals surface area contributed by atoms with Gasteiger partial charge in [-0.1, -0.05) is 88.0 Å². The summed E-state index contributed by atoms with van der Waals surface area (Å²) in [5, 5.41) is 22.5. The molecule has 2 nitrogen and oxygen atoms in total. The summed E-state index contributed by atoms with van der Waals surface area (Å²) in [6.07, 6.45) is 0.521. The minimum Gasteiger partial charge on any atom is -0.395 e. The second kappa shape index (κ2) is 8.64. The first-order valence-electron chi connectivity index (χ1n) is 11.3. The summed E-state index contributed by atoms with van der Waals surface area (Å²) < 4.78 is 3.88. The van der Waals surface area contributed by atoms with Crippen LogP contribution in [0.15, 0.2) is 90.7 Å². The third-order valence-electron chi connectivity index (χ3n) is 7.71. The number of hydrogen-bond donors (Lipinski definition) is 2. The number of benzene rings is 4. The number of halogens is 4. The molecular formula is C29H20Br4O2. The highest BCUT2D eigenvalue weighted by Gasteiger charge is 2.53. The van der Waals surface area contributed by atoms with Gasteiger partial charge >= 0.3 is 0 Å². The van der Waals surface area contributed by atoms with Crippen molar-refractivity contribution in [3.8, 4) is 22.3 Å². The lowest BCUT2D eigenvalue weighted by Gasteiger charge is -2.40. The van der Waals surface area contributed by atoms with E-state index in [0.29, 0.717) is 6.42 Å². The van der Waals surface area contributed by atoms with Gasteiger partial charge < -0.3 is 10.2 Å². The van der Waals surface area contributed by atoms with Gasteiger partial charge in [0, 0.05) is 28.7 Å². The Bertz CT molecular complexity index is 1300. The van der Waals surface area contributed by atoms with Gasteiger partial charge in [-0.15, -0.1) is 0 Å². The fourth-order valence-electron chi connectivity index (χ4n) is 6.23. The quantitative estimate of drug-likeness (QED) is 0.223. The molecule has 6 rings (SSSR count). The van der Waals surface area contributed by atoms with Crippen LogP contribution in [0.5, 0.6) is 0 Å². The molecule has 6 heteroatoms. The SMILES string of the molecule is OCC1(CC2(CO)c3cc(Br)ccc3-c3ccc(Br)cc32)c2cc(Br)ccc2-c2ccc(Br)cc21. The van der Waals surface area contributed by atoms with E-state index < -0.39 is 10.8 Å². The zero-order valence-electron chi connectivity index (χ0n) is 18.5. The molecule has 2 N–H and O–H groups in total. The predicted molar refractivity (Wildman–Crippen MR) is 155 cm³/mol. The molecule has 0 aliphatic heterocycles. The highest BCUT2D eigenvalue weighted by molar-refractivity contribution is 9.11. The zero-order chi connectivity index (χ0) is 24.5. The highest BCUT2D eigenvalue weighted by atomic mass is 79.9. The van der Waals surface area contributed by atoms with Gasteiger partial charge in [-0.25, -0.2) is 0 Å². The summed E-state index contributed by atoms with van der Waals surface area (Å²) in [4.78, 5) is 0. The van der Waals surface area contributed by atoms with Crippen LogP contribution in [0.2, 0.25) is 0 Å². The molecule has 0 bridgehead atoms. The van der Waals surface area contributed by atoms with Crippen molar-refractivity contribution in [1.82, 2.24) is 0 Å². The molecule has 35 heavy (non-hydrogen) atoms. The largest absolute Gasteiger partial charge is 0.395 e. The Labute approximate surface area is 237 Å². The third kappa shape index (κ3) is 3.44. The van der Waals surface area contributed by atoms with Gasteiger partial charge in [0.1, 0.15) is 0 Å². The Kier molecular flexibility index (Phi) is 5.95. The highest BCUT2D eigenvalue weighted by Crippen LogP contribution is 2.60. The normalized spacial score (nSPS) is 15.9. The lowest BCUT2D eigenvalue weighted by Crippen LogP contribution is -2.42. The predicted octanol–water partition coefficient (Wildman–Crippen LogP) is 8.34. The van der Waals surface area contributed by atoms with E-state index in [4.69, 9.17) is 0 Å². The molecular weight excluding hydrogens is 700 g/mol. The van der Waals surface area contributed by atoms with Crippen LogP contribution < -0.4 is 0 Å². The van der Waals surface area contributed by atoms with E-state index in [0.717, 1.165) is 62.4 Å². The second-order valence-corrected chi connectivity index (χ2v) is 13.1. The summed E-state index contributed by atoms with van der Waals surface area (Å²) >= 11 is 14.7. The van der Waals surface area contributed by atoms with Crippen LogP contribution >= 0.6 is 63.7 Å². The molecule has 4 aromatic rings. The summed E-state index contributed by atoms with van der Waals surface area (Å²) in [6, 6.07) is 25.2. The molecule has 0 saturated carbocycles. The van der Waals surface area contributed by atoms with Crippen LogP contribution in [0.4, 0.5) is 0 Å². The molecule has 0 saturated heterocycles. The van der Waals surface area contributed by atoms with Crippen LogP contribution in [0, 0.1) is 0 Å². The molecule has 0 heterocycles. The summed E-state index contributed by atoms with van der Waals surface area (Å²) in [5.41, 5.74) is 7.41. The van der Waals surface area contributed by atoms with Crippen LogP contribution in [-0.4, -0.2) is 23.4 Å². The van der Waals surface area contributed by atoms with Gasteiger partial charge in [-0.3, -0.25) is 0 Å². The first-order chi connectivity index (χ1) is 16.8. The number of aliphatic hydroxyl groups excluding tert-OH is 2. The lowest BCUT2D eigenvalue weighted by atomic mass is 9.63. The van der Waals surface area contributed by atoms with Crippen molar-refractivity contribution in [1.29, 1.82) is 0 Å². The molecule has 0 spiro atoms. The van der Waals surface area contributed by atoms with Crippen LogP contribution in [0.1, 0.15) is 28.7 Å². The van der Waals surface area contributed by atoms with E-state index in [1.807, 2.05) is 24.3 Å². The van der Waals surface area contributed by atoms with E-state index >= 15 is 0 Å². The minimum absolute atomic E-state index is 0.0751. The van der Waals surface area contributed by atoms with Gasteiger partial charge in [0.25, 0.3) is 0 Å². The summed E-state index contributed by atoms with van der Waals surface area (Å²) in [5.74, 6) is 0. The van der Waals surface area contributed by atoms with Gasteiger partial charge in [-0.05, 0) is 99.5 Å². The lowest BCUT2D eigenvalue weighted by molar-refractivity contribution is 0.154. The maximum atomic E-state index is 11.2. The van der Waals surface area contributed by atoms with E-state index in [1.165, 1.54) is 0 Å². The Hall–Kier alpha value is -1.28. The number of hydrogen-bond acceptors (Lipinski definition) is 2. The fraction of sp³-hybridized carbons (Fsp3) is 0.172. The van der Waals surface area contributed by atoms with E-state index in [1.54, 1.807) is 0 Å². The Morgan fingerprint density at radius 2 is 0.714 bits per heavy atom. The van der Waals surface area contributed by atoms with Crippen molar-refractivity contribution in [2.24, 2.45) is 0 Å². The first-order valence-corrected chi connectivity index (χ1v) is 14.4. The fourth-order valence-corrected chi connectivity index (χ4v) is 7.67. The molecule has 0 fully saturated rings. The average molecular weight is 720 g/mol. The van der Waals surface area contributed by atoms with Crippen LogP contribution in [0.25, 0.3) is 22.3 Å². The van der Waals surface area contributed by atoms with Crippen molar-refractivity contribution in [3.05, 3.63) is 113 Å². The van der Waals surface area contributed by atoms with E-state index in [-0.39, 0.29) is 13.2 Å². The molecule has 0 radical (unpaired) electrons. The first kappa shape index (κ1) is 24.1. The average Bonchev–Trinajstić information content (AvgIpc) is 3.25. The molecule has 0 aromatic heterocycles. The van der Waals surface area contributed by atoms with Crippen LogP contribution in [0.3, 0.4) is 0 Å². The Balaban J connectivity index is 1.67. The topological polar surface area (TPSA) is 40.5 Å². The number of aliphatic hydroxyl groups is 2. The van der Waals surface area contributed by atoms with Gasteiger partial charge in [0.15, 0.2) is 0 Å². The molecule has 0 unspecified atom stereocenters. The summed E-state index contributed by atoms with van der Waals surface area (Å²) in [7, 11) is 0. The molecule has 2 aliphatic rings. The van der Waals surface area contributed by atoms with Crippen molar-refractivity contribution in [2.75, 3.05) is 13.2 Å². The summed E-state index contributed by atoms with van der Waals surface area (Å²) in [6.45, 7) is -0.150. The van der Waals surface area contributed by atoms with Gasteiger partial charge in [0.2, 0.25) is 0 Å². The monoisotopic (exact) mass is 716 g/mol. The van der Waals surface area contributed by atoms with Crippen molar-refractivity contribution in [3.63, 3.8) is 0 Å². The minimum atomic E-state index is -0.704. The van der Waals surface area contributed by atoms with Crippen molar-refractivity contribution in [2.45, 2.75) is 17.3 Å².